The molecule has 3 rings (SSSR count). The van der Waals surface area contributed by atoms with Gasteiger partial charge in [-0.15, -0.1) is 0 Å². The molecule has 2 aromatic rings. The lowest BCUT2D eigenvalue weighted by Gasteiger charge is -2.32. The van der Waals surface area contributed by atoms with Crippen LogP contribution in [-0.4, -0.2) is 74.5 Å². The molecule has 0 aliphatic carbocycles. The third kappa shape index (κ3) is 6.98. The van der Waals surface area contributed by atoms with Gasteiger partial charge in [0, 0.05) is 38.2 Å². The maximum atomic E-state index is 12.6. The number of Topliss-reactive ketones (excluding diaryl/α,β-unsaturated/α-hetero) is 1. The van der Waals surface area contributed by atoms with E-state index in [9.17, 15) is 13.2 Å². The molecule has 0 bridgehead atoms. The van der Waals surface area contributed by atoms with Gasteiger partial charge in [0.25, 0.3) is 0 Å². The number of hydrogen-bond donors (Lipinski definition) is 0. The molecule has 1 saturated heterocycles. The highest BCUT2D eigenvalue weighted by molar-refractivity contribution is 7.91. The molecule has 0 atom stereocenters. The third-order valence-electron chi connectivity index (χ3n) is 5.78. The molecule has 0 unspecified atom stereocenters. The minimum atomic E-state index is -3.59. The number of likely N-dealkylation sites (N-methyl/N-ethyl adjacent to an activating group) is 1. The summed E-state index contributed by atoms with van der Waals surface area (Å²) in [4.78, 5) is 21.4. The fourth-order valence-electron chi connectivity index (χ4n) is 3.80. The number of aryl methyl sites for hydroxylation is 2. The van der Waals surface area contributed by atoms with Crippen LogP contribution in [0, 0.1) is 13.8 Å². The van der Waals surface area contributed by atoms with Gasteiger partial charge in [0.15, 0.2) is 9.84 Å². The van der Waals surface area contributed by atoms with E-state index in [1.807, 2.05) is 31.2 Å². The lowest BCUT2D eigenvalue weighted by molar-refractivity contribution is -0.116. The fourth-order valence-corrected chi connectivity index (χ4v) is 5.22. The topological polar surface area (TPSA) is 83.7 Å². The molecule has 1 aliphatic heterocycles. The summed E-state index contributed by atoms with van der Waals surface area (Å²) in [5.74, 6) is -0.0504. The molecule has 2 heterocycles. The molecule has 170 valence electrons. The smallest absolute Gasteiger partial charge is 0.226 e. The maximum absolute atomic E-state index is 12.6. The molecule has 31 heavy (non-hydrogen) atoms. The number of carbonyl (C=O) groups excluding carboxylic acids is 1. The summed E-state index contributed by atoms with van der Waals surface area (Å²) in [6.45, 7) is 8.89. The molecule has 0 amide bonds. The van der Waals surface area contributed by atoms with Crippen LogP contribution in [0.3, 0.4) is 0 Å². The van der Waals surface area contributed by atoms with Crippen LogP contribution >= 0.6 is 0 Å². The molecule has 1 fully saturated rings. The minimum absolute atomic E-state index is 0.223. The molecule has 0 N–H and O–H groups in total. The number of carbonyl (C=O) groups is 1. The number of sulfone groups is 1. The zero-order valence-electron chi connectivity index (χ0n) is 18.8. The van der Waals surface area contributed by atoms with Gasteiger partial charge in [0.05, 0.1) is 11.4 Å². The molecular formula is C23H33N3O4S. The van der Waals surface area contributed by atoms with Crippen LogP contribution in [0.2, 0.25) is 0 Å². The van der Waals surface area contributed by atoms with Crippen LogP contribution in [-0.2, 0) is 20.4 Å². The van der Waals surface area contributed by atoms with Crippen molar-refractivity contribution in [1.82, 2.24) is 14.8 Å². The number of piperazine rings is 1. The van der Waals surface area contributed by atoms with Gasteiger partial charge in [0.1, 0.15) is 17.3 Å². The monoisotopic (exact) mass is 447 g/mol. The first-order valence-electron chi connectivity index (χ1n) is 10.9. The summed E-state index contributed by atoms with van der Waals surface area (Å²) in [5, 5.41) is 0. The van der Waals surface area contributed by atoms with Gasteiger partial charge in [-0.25, -0.2) is 13.4 Å². The van der Waals surface area contributed by atoms with E-state index in [2.05, 4.69) is 21.8 Å². The summed E-state index contributed by atoms with van der Waals surface area (Å²) in [5.41, 5.74) is 2.22. The summed E-state index contributed by atoms with van der Waals surface area (Å²) >= 11 is 0. The van der Waals surface area contributed by atoms with Crippen LogP contribution in [0.1, 0.15) is 36.3 Å². The molecule has 0 spiro atoms. The lowest BCUT2D eigenvalue weighted by atomic mass is 10.1. The highest BCUT2D eigenvalue weighted by Gasteiger charge is 2.22. The first-order chi connectivity index (χ1) is 14.7. The van der Waals surface area contributed by atoms with Crippen molar-refractivity contribution >= 4 is 15.6 Å². The molecule has 1 aromatic carbocycles. The average Bonchev–Trinajstić information content (AvgIpc) is 3.06. The van der Waals surface area contributed by atoms with Crippen LogP contribution in [0.25, 0.3) is 11.5 Å². The van der Waals surface area contributed by atoms with Gasteiger partial charge in [-0.2, -0.15) is 0 Å². The Labute approximate surface area is 185 Å². The van der Waals surface area contributed by atoms with Gasteiger partial charge in [0.2, 0.25) is 5.89 Å². The molecule has 1 aliphatic rings. The van der Waals surface area contributed by atoms with Crippen LogP contribution in [0.4, 0.5) is 0 Å². The standard InChI is InChI=1S/C23H33N3O4S/c1-18-8-4-5-10-21(18)23-24-22(19(2)30-23)17-31(28,29)16-20(27)9-6-7-11-26-14-12-25(3)13-15-26/h4-5,8,10H,6-7,9,11-17H2,1-3H3. The van der Waals surface area contributed by atoms with Crippen molar-refractivity contribution in [1.29, 1.82) is 0 Å². The SMILES string of the molecule is Cc1ccccc1-c1nc(CS(=O)(=O)CC(=O)CCCCN2CCN(C)CC2)c(C)o1. The van der Waals surface area contributed by atoms with Gasteiger partial charge < -0.3 is 14.2 Å². The Bertz CT molecular complexity index is 992. The zero-order chi connectivity index (χ0) is 22.4. The molecule has 0 saturated carbocycles. The molecule has 0 radical (unpaired) electrons. The summed E-state index contributed by atoms with van der Waals surface area (Å²) in [7, 11) is -1.46. The second kappa shape index (κ2) is 10.5. The van der Waals surface area contributed by atoms with Crippen molar-refractivity contribution in [3.05, 3.63) is 41.3 Å². The van der Waals surface area contributed by atoms with Crippen molar-refractivity contribution in [2.45, 2.75) is 38.9 Å². The number of aromatic nitrogens is 1. The quantitative estimate of drug-likeness (QED) is 0.518. The average molecular weight is 448 g/mol. The highest BCUT2D eigenvalue weighted by atomic mass is 32.2. The van der Waals surface area contributed by atoms with Gasteiger partial charge in [-0.3, -0.25) is 4.79 Å². The largest absolute Gasteiger partial charge is 0.441 e. The Kier molecular flexibility index (Phi) is 8.02. The van der Waals surface area contributed by atoms with E-state index in [0.717, 1.165) is 56.7 Å². The first-order valence-corrected chi connectivity index (χ1v) is 12.7. The van der Waals surface area contributed by atoms with Crippen molar-refractivity contribution in [2.75, 3.05) is 45.5 Å². The van der Waals surface area contributed by atoms with E-state index in [1.165, 1.54) is 0 Å². The van der Waals surface area contributed by atoms with Crippen molar-refractivity contribution in [3.63, 3.8) is 0 Å². The van der Waals surface area contributed by atoms with E-state index in [-0.39, 0.29) is 11.5 Å². The Balaban J connectivity index is 1.47. The number of hydrogen-bond acceptors (Lipinski definition) is 7. The number of ketones is 1. The number of rotatable bonds is 10. The first kappa shape index (κ1) is 23.6. The Morgan fingerprint density at radius 2 is 1.81 bits per heavy atom. The fraction of sp³-hybridized carbons (Fsp3) is 0.565. The zero-order valence-corrected chi connectivity index (χ0v) is 19.6. The molecule has 7 nitrogen and oxygen atoms in total. The minimum Gasteiger partial charge on any atom is -0.441 e. The number of oxazole rings is 1. The number of unbranched alkanes of at least 4 members (excludes halogenated alkanes) is 1. The van der Waals surface area contributed by atoms with Gasteiger partial charge in [-0.1, -0.05) is 18.2 Å². The van der Waals surface area contributed by atoms with E-state index >= 15 is 0 Å². The van der Waals surface area contributed by atoms with E-state index < -0.39 is 15.6 Å². The Morgan fingerprint density at radius 3 is 2.52 bits per heavy atom. The van der Waals surface area contributed by atoms with Gasteiger partial charge >= 0.3 is 0 Å². The molecular weight excluding hydrogens is 414 g/mol. The predicted octanol–water partition coefficient (Wildman–Crippen LogP) is 2.86. The summed E-state index contributed by atoms with van der Waals surface area (Å²) in [6.07, 6.45) is 1.94. The van der Waals surface area contributed by atoms with Crippen LogP contribution in [0.15, 0.2) is 28.7 Å². The van der Waals surface area contributed by atoms with E-state index in [0.29, 0.717) is 23.8 Å². The van der Waals surface area contributed by atoms with Gasteiger partial charge in [-0.05, 0) is 51.9 Å². The Morgan fingerprint density at radius 1 is 1.10 bits per heavy atom. The lowest BCUT2D eigenvalue weighted by Crippen LogP contribution is -2.44. The number of nitrogens with zero attached hydrogens (tertiary/aromatic N) is 3. The highest BCUT2D eigenvalue weighted by Crippen LogP contribution is 2.25. The molecule has 8 heteroatoms. The van der Waals surface area contributed by atoms with E-state index in [4.69, 9.17) is 4.42 Å². The van der Waals surface area contributed by atoms with Crippen LogP contribution < -0.4 is 0 Å². The second-order valence-electron chi connectivity index (χ2n) is 8.51. The van der Waals surface area contributed by atoms with Crippen molar-refractivity contribution in [3.8, 4) is 11.5 Å². The number of benzene rings is 1. The maximum Gasteiger partial charge on any atom is 0.226 e. The summed E-state index contributed by atoms with van der Waals surface area (Å²) < 4.78 is 30.8. The normalized spacial score (nSPS) is 16.0. The predicted molar refractivity (Wildman–Crippen MR) is 122 cm³/mol. The summed E-state index contributed by atoms with van der Waals surface area (Å²) in [6, 6.07) is 7.66. The second-order valence-corrected chi connectivity index (χ2v) is 10.6. The van der Waals surface area contributed by atoms with Crippen molar-refractivity contribution < 1.29 is 17.6 Å². The van der Waals surface area contributed by atoms with Crippen molar-refractivity contribution in [2.24, 2.45) is 0 Å². The Hall–Kier alpha value is -2.03. The molecule has 1 aromatic heterocycles. The third-order valence-corrected chi connectivity index (χ3v) is 7.26. The van der Waals surface area contributed by atoms with E-state index in [1.54, 1.807) is 6.92 Å². The van der Waals surface area contributed by atoms with Crippen LogP contribution in [0.5, 0.6) is 0 Å².